The highest BCUT2D eigenvalue weighted by molar-refractivity contribution is 6.34. The van der Waals surface area contributed by atoms with E-state index in [0.717, 1.165) is 43.4 Å². The first-order chi connectivity index (χ1) is 18.9. The minimum Gasteiger partial charge on any atom is -0.383 e. The molecule has 0 bridgehead atoms. The Bertz CT molecular complexity index is 1290. The Kier molecular flexibility index (Phi) is 12.2. The third kappa shape index (κ3) is 7.68. The number of para-hydroxylation sites is 1. The van der Waals surface area contributed by atoms with Crippen LogP contribution in [0.1, 0.15) is 35.9 Å². The molecule has 0 radical (unpaired) electrons. The summed E-state index contributed by atoms with van der Waals surface area (Å²) in [5, 5.41) is 14.6. The highest BCUT2D eigenvalue weighted by Crippen LogP contribution is 2.37. The van der Waals surface area contributed by atoms with Crippen LogP contribution >= 0.6 is 36.4 Å². The van der Waals surface area contributed by atoms with E-state index >= 15 is 0 Å². The molecule has 1 aromatic heterocycles. The first-order valence-corrected chi connectivity index (χ1v) is 13.6. The Morgan fingerprint density at radius 2 is 1.83 bits per heavy atom. The van der Waals surface area contributed by atoms with E-state index in [1.807, 2.05) is 30.3 Å². The van der Waals surface area contributed by atoms with Crippen LogP contribution in [0.4, 0.5) is 19.4 Å². The second-order valence-corrected chi connectivity index (χ2v) is 10.4. The van der Waals surface area contributed by atoms with Crippen molar-refractivity contribution in [3.63, 3.8) is 0 Å². The van der Waals surface area contributed by atoms with Gasteiger partial charge in [-0.2, -0.15) is 5.10 Å². The maximum Gasteiger partial charge on any atom is 0.320 e. The Labute approximate surface area is 256 Å². The van der Waals surface area contributed by atoms with Gasteiger partial charge in [-0.3, -0.25) is 10.2 Å². The van der Waals surface area contributed by atoms with E-state index in [1.165, 1.54) is 6.07 Å². The lowest BCUT2D eigenvalue weighted by molar-refractivity contribution is 0.159. The molecule has 2 amide bonds. The fraction of sp³-hybridized carbons (Fsp3) is 0.429. The smallest absolute Gasteiger partial charge is 0.320 e. The summed E-state index contributed by atoms with van der Waals surface area (Å²) in [5.74, 6) is -1.46. The lowest BCUT2D eigenvalue weighted by Crippen LogP contribution is -2.42. The van der Waals surface area contributed by atoms with Gasteiger partial charge in [0, 0.05) is 38.6 Å². The van der Waals surface area contributed by atoms with Gasteiger partial charge in [-0.15, -0.1) is 24.8 Å². The van der Waals surface area contributed by atoms with Crippen LogP contribution in [0, 0.1) is 11.6 Å². The van der Waals surface area contributed by atoms with Gasteiger partial charge in [0.25, 0.3) is 0 Å². The number of piperidine rings is 1. The van der Waals surface area contributed by atoms with Crippen LogP contribution in [0.25, 0.3) is 5.69 Å². The van der Waals surface area contributed by atoms with Gasteiger partial charge in [0.15, 0.2) is 17.5 Å². The number of anilines is 1. The van der Waals surface area contributed by atoms with Gasteiger partial charge < -0.3 is 15.4 Å². The van der Waals surface area contributed by atoms with Gasteiger partial charge in [0.2, 0.25) is 0 Å². The Balaban J connectivity index is 0.00000231. The highest BCUT2D eigenvalue weighted by atomic mass is 35.5. The first-order valence-electron chi connectivity index (χ1n) is 13.2. The third-order valence-corrected chi connectivity index (χ3v) is 7.88. The molecule has 0 aliphatic carbocycles. The van der Waals surface area contributed by atoms with E-state index in [2.05, 4.69) is 20.9 Å². The van der Waals surface area contributed by atoms with Crippen LogP contribution in [0.3, 0.4) is 0 Å². The summed E-state index contributed by atoms with van der Waals surface area (Å²) in [7, 11) is 1.63. The SMILES string of the molecule is COCCN1C[C@@H](NC(=O)Nc2c(Cl)c(C3CCNCC3)nn2-c2ccccc2)[C@H](c2ccc(F)c(F)c2)C1.Cl.Cl. The van der Waals surface area contributed by atoms with Crippen molar-refractivity contribution in [2.45, 2.75) is 30.7 Å². The number of urea groups is 1. The number of amides is 2. The molecular weight excluding hydrogens is 597 g/mol. The third-order valence-electron chi connectivity index (χ3n) is 7.51. The van der Waals surface area contributed by atoms with Crippen molar-refractivity contribution in [2.24, 2.45) is 0 Å². The highest BCUT2D eigenvalue weighted by Gasteiger charge is 2.36. The largest absolute Gasteiger partial charge is 0.383 e. The molecule has 0 saturated carbocycles. The van der Waals surface area contributed by atoms with E-state index in [9.17, 15) is 13.6 Å². The van der Waals surface area contributed by atoms with Crippen LogP contribution in [0.5, 0.6) is 0 Å². The molecule has 2 aromatic carbocycles. The normalized spacial score (nSPS) is 19.3. The summed E-state index contributed by atoms with van der Waals surface area (Å²) in [6.07, 6.45) is 1.82. The number of carbonyl (C=O) groups excluding carboxylic acids is 1. The van der Waals surface area contributed by atoms with Gasteiger partial charge in [-0.05, 0) is 55.8 Å². The molecule has 0 spiro atoms. The van der Waals surface area contributed by atoms with Crippen molar-refractivity contribution in [1.82, 2.24) is 25.3 Å². The zero-order chi connectivity index (χ0) is 27.4. The van der Waals surface area contributed by atoms with E-state index in [4.69, 9.17) is 21.4 Å². The number of aromatic nitrogens is 2. The van der Waals surface area contributed by atoms with Crippen molar-refractivity contribution < 1.29 is 18.3 Å². The fourth-order valence-corrected chi connectivity index (χ4v) is 5.78. The second kappa shape index (κ2) is 15.1. The average Bonchev–Trinajstić information content (AvgIpc) is 3.50. The first kappa shape index (κ1) is 33.0. The maximum absolute atomic E-state index is 14.1. The molecule has 2 atom stereocenters. The lowest BCUT2D eigenvalue weighted by atomic mass is 9.94. The van der Waals surface area contributed by atoms with E-state index in [1.54, 1.807) is 17.9 Å². The summed E-state index contributed by atoms with van der Waals surface area (Å²) in [6, 6.07) is 12.6. The van der Waals surface area contributed by atoms with E-state index in [-0.39, 0.29) is 42.7 Å². The number of likely N-dealkylation sites (tertiary alicyclic amines) is 1. The minimum atomic E-state index is -0.907. The second-order valence-electron chi connectivity index (χ2n) is 10.1. The summed E-state index contributed by atoms with van der Waals surface area (Å²) >= 11 is 6.87. The summed E-state index contributed by atoms with van der Waals surface area (Å²) in [4.78, 5) is 15.5. The molecule has 2 saturated heterocycles. The van der Waals surface area contributed by atoms with Crippen LogP contribution < -0.4 is 16.0 Å². The summed E-state index contributed by atoms with van der Waals surface area (Å²) in [5.41, 5.74) is 2.17. The number of rotatable bonds is 8. The zero-order valence-electron chi connectivity index (χ0n) is 22.6. The number of methoxy groups -OCH3 is 1. The minimum absolute atomic E-state index is 0. The number of nitrogens with one attached hydrogen (secondary N) is 3. The topological polar surface area (TPSA) is 83.4 Å². The molecule has 5 rings (SSSR count). The average molecular weight is 632 g/mol. The number of nitrogens with zero attached hydrogens (tertiary/aromatic N) is 3. The molecule has 224 valence electrons. The van der Waals surface area contributed by atoms with Crippen molar-refractivity contribution in [3.8, 4) is 5.69 Å². The Morgan fingerprint density at radius 1 is 1.10 bits per heavy atom. The van der Waals surface area contributed by atoms with Crippen LogP contribution in [-0.4, -0.2) is 73.2 Å². The van der Waals surface area contributed by atoms with Gasteiger partial charge in [0.1, 0.15) is 5.02 Å². The molecule has 13 heteroatoms. The molecule has 2 aliphatic heterocycles. The maximum atomic E-state index is 14.1. The zero-order valence-corrected chi connectivity index (χ0v) is 25.0. The van der Waals surface area contributed by atoms with Gasteiger partial charge in [0.05, 0.1) is 24.0 Å². The number of benzene rings is 2. The lowest BCUT2D eigenvalue weighted by Gasteiger charge is -2.21. The Hall–Kier alpha value is -2.47. The number of halogens is 5. The Morgan fingerprint density at radius 3 is 2.51 bits per heavy atom. The quantitative estimate of drug-likeness (QED) is 0.312. The number of ether oxygens (including phenoxy) is 1. The molecular formula is C28H35Cl3F2N6O2. The molecule has 3 N–H and O–H groups in total. The number of carbonyl (C=O) groups is 1. The molecule has 0 unspecified atom stereocenters. The molecule has 3 heterocycles. The number of hydrogen-bond donors (Lipinski definition) is 3. The van der Waals surface area contributed by atoms with E-state index in [0.29, 0.717) is 42.6 Å². The molecule has 3 aromatic rings. The van der Waals surface area contributed by atoms with Crippen molar-refractivity contribution in [2.75, 3.05) is 51.8 Å². The van der Waals surface area contributed by atoms with Gasteiger partial charge in [-0.1, -0.05) is 35.9 Å². The summed E-state index contributed by atoms with van der Waals surface area (Å²) < 4.78 is 34.6. The van der Waals surface area contributed by atoms with E-state index < -0.39 is 17.7 Å². The monoisotopic (exact) mass is 630 g/mol. The van der Waals surface area contributed by atoms with Crippen LogP contribution in [0.15, 0.2) is 48.5 Å². The van der Waals surface area contributed by atoms with Gasteiger partial charge in [-0.25, -0.2) is 18.3 Å². The predicted octanol–water partition coefficient (Wildman–Crippen LogP) is 5.35. The van der Waals surface area contributed by atoms with Crippen molar-refractivity contribution in [3.05, 3.63) is 76.4 Å². The predicted molar refractivity (Wildman–Crippen MR) is 161 cm³/mol. The summed E-state index contributed by atoms with van der Waals surface area (Å²) in [6.45, 7) is 4.05. The molecule has 41 heavy (non-hydrogen) atoms. The van der Waals surface area contributed by atoms with Crippen LogP contribution in [-0.2, 0) is 4.74 Å². The molecule has 8 nitrogen and oxygen atoms in total. The molecule has 2 fully saturated rings. The molecule has 2 aliphatic rings. The van der Waals surface area contributed by atoms with Crippen molar-refractivity contribution >= 4 is 48.3 Å². The van der Waals surface area contributed by atoms with Gasteiger partial charge >= 0.3 is 6.03 Å². The van der Waals surface area contributed by atoms with Crippen molar-refractivity contribution in [1.29, 1.82) is 0 Å². The number of hydrogen-bond acceptors (Lipinski definition) is 5. The fourth-order valence-electron chi connectivity index (χ4n) is 5.46. The standard InChI is InChI=1S/C28H33ClF2N6O2.2ClH/c1-39-14-13-36-16-21(19-7-8-22(30)23(31)15-19)24(17-36)33-28(38)34-27-25(29)26(18-9-11-32-12-10-18)35-37(27)20-5-3-2-4-6-20;;/h2-8,15,18,21,24,32H,9-14,16-17H2,1H3,(H2,33,34,38);2*1H/t21-,24+;;/m0../s1. The van der Waals surface area contributed by atoms with Crippen LogP contribution in [0.2, 0.25) is 5.02 Å².